The normalized spacial score (nSPS) is 56.8. The Hall–Kier alpha value is -1.59. The van der Waals surface area contributed by atoms with Crippen molar-refractivity contribution in [2.45, 2.75) is 249 Å². The number of allylic oxidation sites excluding steroid dienone is 2. The molecule has 4 saturated carbocycles. The second-order valence-corrected chi connectivity index (χ2v) is 25.9. The molecule has 0 aromatic rings. The summed E-state index contributed by atoms with van der Waals surface area (Å²) in [4.78, 5) is 15.4. The number of fused-ring (bicyclic) bond motifs is 7. The van der Waals surface area contributed by atoms with Gasteiger partial charge in [-0.25, -0.2) is 0 Å². The smallest absolute Gasteiger partial charge is 0.317 e. The highest BCUT2D eigenvalue weighted by atomic mass is 16.8. The van der Waals surface area contributed by atoms with Crippen molar-refractivity contribution in [3.8, 4) is 0 Å². The third kappa shape index (κ3) is 9.12. The summed E-state index contributed by atoms with van der Waals surface area (Å²) < 4.78 is 47.7. The molecule has 13 N–H and O–H groups in total. The van der Waals surface area contributed by atoms with Gasteiger partial charge in [-0.15, -0.1) is 0 Å². The zero-order valence-corrected chi connectivity index (χ0v) is 44.6. The molecule has 9 rings (SSSR count). The minimum atomic E-state index is -1.89. The highest BCUT2D eigenvalue weighted by Gasteiger charge is 2.73. The van der Waals surface area contributed by atoms with E-state index in [1.807, 2.05) is 6.92 Å². The lowest BCUT2D eigenvalue weighted by atomic mass is 9.33. The fourth-order valence-corrected chi connectivity index (χ4v) is 16.3. The molecular formula is C53H86O22. The fourth-order valence-electron chi connectivity index (χ4n) is 16.3. The molecule has 4 heterocycles. The molecule has 0 aromatic carbocycles. The monoisotopic (exact) mass is 1070 g/mol. The van der Waals surface area contributed by atoms with Crippen LogP contribution in [0.25, 0.3) is 0 Å². The summed E-state index contributed by atoms with van der Waals surface area (Å²) in [7, 11) is 0. The molecule has 8 fully saturated rings. The van der Waals surface area contributed by atoms with Gasteiger partial charge in [-0.3, -0.25) is 4.79 Å². The minimum absolute atomic E-state index is 0.0896. The van der Waals surface area contributed by atoms with Crippen LogP contribution in [0.2, 0.25) is 0 Å². The maximum absolute atomic E-state index is 15.4. The van der Waals surface area contributed by atoms with E-state index >= 15 is 4.79 Å². The van der Waals surface area contributed by atoms with Crippen LogP contribution in [-0.4, -0.2) is 221 Å². The van der Waals surface area contributed by atoms with Gasteiger partial charge in [0.25, 0.3) is 0 Å². The van der Waals surface area contributed by atoms with Gasteiger partial charge in [-0.2, -0.15) is 0 Å². The number of hydrogen-bond acceptors (Lipinski definition) is 22. The Kier molecular flexibility index (Phi) is 15.8. The summed E-state index contributed by atoms with van der Waals surface area (Å²) in [6.07, 6.45) is -26.3. The predicted octanol–water partition coefficient (Wildman–Crippen LogP) is -1.40. The second-order valence-electron chi connectivity index (χ2n) is 25.9. The first-order valence-corrected chi connectivity index (χ1v) is 27.2. The van der Waals surface area contributed by atoms with Crippen LogP contribution in [0, 0.1) is 50.2 Å². The van der Waals surface area contributed by atoms with E-state index in [-0.39, 0.29) is 49.7 Å². The first-order valence-electron chi connectivity index (χ1n) is 27.2. The van der Waals surface area contributed by atoms with E-state index in [0.29, 0.717) is 32.1 Å². The Morgan fingerprint density at radius 1 is 0.600 bits per heavy atom. The molecule has 1 unspecified atom stereocenters. The molecule has 30 atom stereocenters. The average Bonchev–Trinajstić information content (AvgIpc) is 3.34. The largest absolute Gasteiger partial charge is 0.432 e. The van der Waals surface area contributed by atoms with E-state index in [9.17, 15) is 66.4 Å². The van der Waals surface area contributed by atoms with Crippen LogP contribution in [0.5, 0.6) is 0 Å². The van der Waals surface area contributed by atoms with Crippen LogP contribution in [0.3, 0.4) is 0 Å². The van der Waals surface area contributed by atoms with Crippen molar-refractivity contribution in [2.24, 2.45) is 50.2 Å². The second kappa shape index (κ2) is 20.4. The maximum atomic E-state index is 15.4. The van der Waals surface area contributed by atoms with Gasteiger partial charge in [0.1, 0.15) is 72.6 Å². The van der Waals surface area contributed by atoms with Crippen LogP contribution in [0.1, 0.15) is 114 Å². The van der Waals surface area contributed by atoms with Crippen LogP contribution in [0.15, 0.2) is 11.6 Å². The number of aliphatic hydroxyl groups is 13. The van der Waals surface area contributed by atoms with Gasteiger partial charge < -0.3 is 104 Å². The fraction of sp³-hybridized carbons (Fsp3) is 0.943. The van der Waals surface area contributed by atoms with E-state index in [1.165, 1.54) is 13.8 Å². The summed E-state index contributed by atoms with van der Waals surface area (Å²) in [5.41, 5.74) is -3.61. The summed E-state index contributed by atoms with van der Waals surface area (Å²) >= 11 is 0. The summed E-state index contributed by atoms with van der Waals surface area (Å²) in [6.45, 7) is 16.4. The standard InChI is InChI=1S/C53H86O22/c1-21-31(58)34(61)38(65)45(69-21)74-42-26(55)17-49(6)28(50(42,7)20-54)12-13-51(8)29(49)11-10-24-25-16-48(4,5)14-15-53(25,30(57)18-52(24,51)9)47(67)75-46-41(35(62)32(59)22(2)70-46)73-44-39(66)36(63)40(23(3)71-44)72-43-37(64)33(60)27(56)19-68-43/h10,21-23,25-46,54-66H,11-20H2,1-9H3/t21-,22+,23-,25+,26-,27+,28?,29+,30+,31-,32-,33-,34+,35-,36-,37+,38+,39+,40-,41+,42-,43-,44-,45-,46-,49-,50-,51+,52+,53+/m0/s1. The van der Waals surface area contributed by atoms with Crippen LogP contribution in [-0.2, 0) is 42.7 Å². The predicted molar refractivity (Wildman–Crippen MR) is 257 cm³/mol. The highest BCUT2D eigenvalue weighted by molar-refractivity contribution is 5.80. The molecule has 430 valence electrons. The lowest BCUT2D eigenvalue weighted by Gasteiger charge is -2.72. The van der Waals surface area contributed by atoms with E-state index in [1.54, 1.807) is 6.92 Å². The van der Waals surface area contributed by atoms with Gasteiger partial charge in [0.15, 0.2) is 25.0 Å². The number of aliphatic hydroxyl groups excluding tert-OH is 13. The SMILES string of the molecule is C[C@@H]1O[C@@H](O[C@H]2[C@@H](O)C[C@@]3(C)C(CC[C@]4(C)[C@@H]3CC=C3[C@H]5CC(C)(C)CC[C@]5(C(=O)O[C@@H]5O[C@H](C)[C@H](O)[C@H](O)[C@H]5O[C@@H]5O[C@@H](C)[C@H](O[C@@H]6OC[C@@H](O)[C@H](O)[C@H]6O)[C@@H](O)[C@H]5O)[C@H](O)C[C@]34C)[C@]2(C)CO)[C@H](O)[C@H](O)[C@H]1O. The number of esters is 1. The molecule has 0 aromatic heterocycles. The first kappa shape index (κ1) is 58.1. The molecule has 22 nitrogen and oxygen atoms in total. The first-order chi connectivity index (χ1) is 34.9. The average molecular weight is 1080 g/mol. The zero-order chi connectivity index (χ0) is 55.0. The van der Waals surface area contributed by atoms with Crippen LogP contribution in [0.4, 0.5) is 0 Å². The molecule has 0 radical (unpaired) electrons. The van der Waals surface area contributed by atoms with Crippen molar-refractivity contribution in [3.05, 3.63) is 11.6 Å². The van der Waals surface area contributed by atoms with Crippen molar-refractivity contribution >= 4 is 5.97 Å². The lowest BCUT2D eigenvalue weighted by Crippen LogP contribution is -2.70. The van der Waals surface area contributed by atoms with Crippen LogP contribution < -0.4 is 0 Å². The van der Waals surface area contributed by atoms with Gasteiger partial charge in [0.05, 0.1) is 49.8 Å². The van der Waals surface area contributed by atoms with Crippen molar-refractivity contribution < 1.29 is 109 Å². The van der Waals surface area contributed by atoms with Crippen molar-refractivity contribution in [1.29, 1.82) is 0 Å². The molecular weight excluding hydrogens is 989 g/mol. The number of hydrogen-bond donors (Lipinski definition) is 13. The topological polar surface area (TPSA) is 354 Å². The summed E-state index contributed by atoms with van der Waals surface area (Å²) in [6, 6.07) is 0. The van der Waals surface area contributed by atoms with Gasteiger partial charge in [0.2, 0.25) is 6.29 Å². The van der Waals surface area contributed by atoms with Crippen molar-refractivity contribution in [2.75, 3.05) is 13.2 Å². The quantitative estimate of drug-likeness (QED) is 0.0717. The Bertz CT molecular complexity index is 2100. The van der Waals surface area contributed by atoms with E-state index in [2.05, 4.69) is 40.7 Å². The van der Waals surface area contributed by atoms with Gasteiger partial charge in [0, 0.05) is 5.41 Å². The number of ether oxygens (including phenoxy) is 8. The molecule has 0 bridgehead atoms. The molecule has 75 heavy (non-hydrogen) atoms. The van der Waals surface area contributed by atoms with Gasteiger partial charge in [-0.05, 0) is 112 Å². The molecule has 4 aliphatic heterocycles. The maximum Gasteiger partial charge on any atom is 0.317 e. The Morgan fingerprint density at radius 2 is 1.17 bits per heavy atom. The summed E-state index contributed by atoms with van der Waals surface area (Å²) in [5, 5.41) is 144. The third-order valence-corrected chi connectivity index (χ3v) is 21.0. The van der Waals surface area contributed by atoms with Gasteiger partial charge in [-0.1, -0.05) is 53.2 Å². The molecule has 5 aliphatic carbocycles. The number of rotatable bonds is 9. The molecule has 4 saturated heterocycles. The molecule has 0 amide bonds. The Balaban J connectivity index is 0.973. The summed E-state index contributed by atoms with van der Waals surface area (Å²) in [5.74, 6) is -1.63. The minimum Gasteiger partial charge on any atom is -0.432 e. The number of carbonyl (C=O) groups is 1. The molecule has 0 spiro atoms. The highest BCUT2D eigenvalue weighted by Crippen LogP contribution is 2.76. The van der Waals surface area contributed by atoms with Gasteiger partial charge >= 0.3 is 5.97 Å². The van der Waals surface area contributed by atoms with E-state index < -0.39 is 174 Å². The van der Waals surface area contributed by atoms with Crippen molar-refractivity contribution in [1.82, 2.24) is 0 Å². The van der Waals surface area contributed by atoms with Crippen molar-refractivity contribution in [3.63, 3.8) is 0 Å². The van der Waals surface area contributed by atoms with Crippen LogP contribution >= 0.6 is 0 Å². The lowest BCUT2D eigenvalue weighted by molar-refractivity contribution is -0.373. The molecule has 22 heteroatoms. The van der Waals surface area contributed by atoms with E-state index in [0.717, 1.165) is 5.57 Å². The third-order valence-electron chi connectivity index (χ3n) is 21.0. The molecule has 9 aliphatic rings. The van der Waals surface area contributed by atoms with E-state index in [4.69, 9.17) is 37.9 Å². The zero-order valence-electron chi connectivity index (χ0n) is 44.6. The number of carbonyl (C=O) groups excluding carboxylic acids is 1. The Morgan fingerprint density at radius 3 is 1.84 bits per heavy atom. The Labute approximate surface area is 437 Å².